The van der Waals surface area contributed by atoms with E-state index in [0.717, 1.165) is 37.1 Å². The summed E-state index contributed by atoms with van der Waals surface area (Å²) in [5.41, 5.74) is 1.95. The Balaban J connectivity index is 1.94. The average Bonchev–Trinajstić information content (AvgIpc) is 2.46. The normalized spacial score (nSPS) is 18.9. The van der Waals surface area contributed by atoms with Crippen molar-refractivity contribution < 1.29 is 4.79 Å². The maximum absolute atomic E-state index is 12.3. The minimum atomic E-state index is 0.174. The Kier molecular flexibility index (Phi) is 5.30. The summed E-state index contributed by atoms with van der Waals surface area (Å²) in [6, 6.07) is 6.24. The quantitative estimate of drug-likeness (QED) is 0.915. The van der Waals surface area contributed by atoms with Crippen molar-refractivity contribution >= 4 is 23.2 Å². The van der Waals surface area contributed by atoms with E-state index in [9.17, 15) is 4.79 Å². The van der Waals surface area contributed by atoms with Crippen LogP contribution in [0.15, 0.2) is 18.2 Å². The van der Waals surface area contributed by atoms with Crippen LogP contribution in [0.3, 0.4) is 0 Å². The molecule has 0 unspecified atom stereocenters. The number of carbonyl (C=O) groups excluding carboxylic acids is 1. The molecule has 1 aromatic carbocycles. The molecule has 1 aliphatic rings. The highest BCUT2D eigenvalue weighted by molar-refractivity contribution is 6.33. The van der Waals surface area contributed by atoms with Gasteiger partial charge in [0.15, 0.2) is 0 Å². The van der Waals surface area contributed by atoms with E-state index in [4.69, 9.17) is 11.6 Å². The van der Waals surface area contributed by atoms with E-state index in [1.165, 1.54) is 6.42 Å². The molecule has 1 saturated heterocycles. The molecule has 1 aliphatic heterocycles. The third kappa shape index (κ3) is 3.66. The Hall–Kier alpha value is -1.22. The Morgan fingerprint density at radius 2 is 2.25 bits per heavy atom. The number of hydrogen-bond acceptors (Lipinski definition) is 2. The summed E-state index contributed by atoms with van der Waals surface area (Å²) in [5, 5.41) is 3.83. The first-order valence-electron chi connectivity index (χ1n) is 7.41. The van der Waals surface area contributed by atoms with Crippen molar-refractivity contribution in [1.82, 2.24) is 4.90 Å². The molecular formula is C16H23ClN2O. The summed E-state index contributed by atoms with van der Waals surface area (Å²) in [6.45, 7) is 5.36. The molecule has 4 heteroatoms. The minimum absolute atomic E-state index is 0.174. The fourth-order valence-corrected chi connectivity index (χ4v) is 3.09. The van der Waals surface area contributed by atoms with E-state index in [1.54, 1.807) is 0 Å². The lowest BCUT2D eigenvalue weighted by Gasteiger charge is -2.35. The lowest BCUT2D eigenvalue weighted by molar-refractivity contribution is -0.133. The van der Waals surface area contributed by atoms with Gasteiger partial charge < -0.3 is 10.2 Å². The molecular weight excluding hydrogens is 272 g/mol. The molecule has 0 saturated carbocycles. The number of amides is 1. The van der Waals surface area contributed by atoms with Gasteiger partial charge >= 0.3 is 0 Å². The highest BCUT2D eigenvalue weighted by Gasteiger charge is 2.24. The molecule has 1 amide bonds. The molecule has 1 atom stereocenters. The second kappa shape index (κ2) is 6.98. The molecule has 0 aliphatic carbocycles. The molecule has 20 heavy (non-hydrogen) atoms. The lowest BCUT2D eigenvalue weighted by Crippen LogP contribution is -2.45. The van der Waals surface area contributed by atoms with Crippen LogP contribution in [-0.4, -0.2) is 29.9 Å². The molecule has 1 N–H and O–H groups in total. The van der Waals surface area contributed by atoms with Gasteiger partial charge in [0.25, 0.3) is 0 Å². The molecule has 0 radical (unpaired) electrons. The summed E-state index contributed by atoms with van der Waals surface area (Å²) < 4.78 is 0. The summed E-state index contributed by atoms with van der Waals surface area (Å²) in [5.74, 6) is 0.174. The summed E-state index contributed by atoms with van der Waals surface area (Å²) in [6.07, 6.45) is 4.53. The SMILES string of the molecule is CC[C@H]1CCCCN1C(=O)CNc1ccc(C)cc1Cl. The number of benzene rings is 1. The Morgan fingerprint density at radius 1 is 1.45 bits per heavy atom. The van der Waals surface area contributed by atoms with Crippen molar-refractivity contribution in [2.75, 3.05) is 18.4 Å². The Morgan fingerprint density at radius 3 is 2.95 bits per heavy atom. The molecule has 0 spiro atoms. The molecule has 1 fully saturated rings. The van der Waals surface area contributed by atoms with Crippen molar-refractivity contribution in [3.05, 3.63) is 28.8 Å². The highest BCUT2D eigenvalue weighted by Crippen LogP contribution is 2.23. The highest BCUT2D eigenvalue weighted by atomic mass is 35.5. The number of aryl methyl sites for hydroxylation is 1. The maximum Gasteiger partial charge on any atom is 0.242 e. The van der Waals surface area contributed by atoms with Gasteiger partial charge in [-0.2, -0.15) is 0 Å². The molecule has 0 aromatic heterocycles. The third-order valence-corrected chi connectivity index (χ3v) is 4.29. The average molecular weight is 295 g/mol. The van der Waals surface area contributed by atoms with Crippen molar-refractivity contribution in [2.24, 2.45) is 0 Å². The van der Waals surface area contributed by atoms with Crippen LogP contribution in [0.5, 0.6) is 0 Å². The molecule has 0 bridgehead atoms. The Bertz CT molecular complexity index is 476. The van der Waals surface area contributed by atoms with Gasteiger partial charge in [0, 0.05) is 12.6 Å². The predicted octanol–water partition coefficient (Wildman–Crippen LogP) is 3.85. The van der Waals surface area contributed by atoms with E-state index >= 15 is 0 Å². The van der Waals surface area contributed by atoms with Crippen molar-refractivity contribution in [3.8, 4) is 0 Å². The second-order valence-electron chi connectivity index (χ2n) is 5.48. The van der Waals surface area contributed by atoms with Gasteiger partial charge in [-0.25, -0.2) is 0 Å². The van der Waals surface area contributed by atoms with Gasteiger partial charge in [-0.15, -0.1) is 0 Å². The second-order valence-corrected chi connectivity index (χ2v) is 5.89. The van der Waals surface area contributed by atoms with Gasteiger partial charge in [-0.1, -0.05) is 24.6 Å². The van der Waals surface area contributed by atoms with Crippen molar-refractivity contribution in [3.63, 3.8) is 0 Å². The van der Waals surface area contributed by atoms with Gasteiger partial charge in [-0.3, -0.25) is 4.79 Å². The number of carbonyl (C=O) groups is 1. The van der Waals surface area contributed by atoms with Crippen LogP contribution < -0.4 is 5.32 Å². The zero-order valence-electron chi connectivity index (χ0n) is 12.3. The van der Waals surface area contributed by atoms with E-state index in [0.29, 0.717) is 17.6 Å². The third-order valence-electron chi connectivity index (χ3n) is 3.97. The topological polar surface area (TPSA) is 32.3 Å². The monoisotopic (exact) mass is 294 g/mol. The number of nitrogens with one attached hydrogen (secondary N) is 1. The van der Waals surface area contributed by atoms with Crippen LogP contribution in [0.4, 0.5) is 5.69 Å². The first kappa shape index (κ1) is 15.2. The van der Waals surface area contributed by atoms with E-state index in [2.05, 4.69) is 12.2 Å². The first-order chi connectivity index (χ1) is 9.61. The van der Waals surface area contributed by atoms with Crippen LogP contribution in [0.2, 0.25) is 5.02 Å². The van der Waals surface area contributed by atoms with Crippen LogP contribution in [0.1, 0.15) is 38.2 Å². The fraction of sp³-hybridized carbons (Fsp3) is 0.562. The summed E-state index contributed by atoms with van der Waals surface area (Å²) in [7, 11) is 0. The van der Waals surface area contributed by atoms with E-state index in [-0.39, 0.29) is 5.91 Å². The number of anilines is 1. The number of piperidine rings is 1. The molecule has 110 valence electrons. The zero-order valence-corrected chi connectivity index (χ0v) is 13.0. The number of hydrogen-bond donors (Lipinski definition) is 1. The minimum Gasteiger partial charge on any atom is -0.375 e. The zero-order chi connectivity index (χ0) is 14.5. The first-order valence-corrected chi connectivity index (χ1v) is 7.79. The van der Waals surface area contributed by atoms with Crippen LogP contribution in [-0.2, 0) is 4.79 Å². The van der Waals surface area contributed by atoms with Crippen molar-refractivity contribution in [2.45, 2.75) is 45.6 Å². The predicted molar refractivity (Wildman–Crippen MR) is 84.3 cm³/mol. The number of likely N-dealkylation sites (tertiary alicyclic amines) is 1. The van der Waals surface area contributed by atoms with E-state index < -0.39 is 0 Å². The standard InChI is InChI=1S/C16H23ClN2O/c1-3-13-6-4-5-9-19(13)16(20)11-18-15-8-7-12(2)10-14(15)17/h7-8,10,13,18H,3-6,9,11H2,1-2H3/t13-/m0/s1. The largest absolute Gasteiger partial charge is 0.375 e. The van der Waals surface area contributed by atoms with Gasteiger partial charge in [0.1, 0.15) is 0 Å². The summed E-state index contributed by atoms with van der Waals surface area (Å²) >= 11 is 6.17. The van der Waals surface area contributed by atoms with Crippen molar-refractivity contribution in [1.29, 1.82) is 0 Å². The van der Waals surface area contributed by atoms with Gasteiger partial charge in [-0.05, 0) is 50.3 Å². The maximum atomic E-state index is 12.3. The molecule has 1 aromatic rings. The number of halogens is 1. The fourth-order valence-electron chi connectivity index (χ4n) is 2.79. The van der Waals surface area contributed by atoms with Crippen LogP contribution >= 0.6 is 11.6 Å². The lowest BCUT2D eigenvalue weighted by atomic mass is 10.00. The van der Waals surface area contributed by atoms with Gasteiger partial charge in [0.05, 0.1) is 17.3 Å². The Labute approximate surface area is 126 Å². The molecule has 2 rings (SSSR count). The van der Waals surface area contributed by atoms with Crippen LogP contribution in [0, 0.1) is 6.92 Å². The van der Waals surface area contributed by atoms with E-state index in [1.807, 2.05) is 30.0 Å². The molecule has 3 nitrogen and oxygen atoms in total. The smallest absolute Gasteiger partial charge is 0.242 e. The number of nitrogens with zero attached hydrogens (tertiary/aromatic N) is 1. The van der Waals surface area contributed by atoms with Gasteiger partial charge in [0.2, 0.25) is 5.91 Å². The van der Waals surface area contributed by atoms with Crippen LogP contribution in [0.25, 0.3) is 0 Å². The summed E-state index contributed by atoms with van der Waals surface area (Å²) in [4.78, 5) is 14.4. The number of rotatable bonds is 4. The molecule has 1 heterocycles.